The van der Waals surface area contributed by atoms with Gasteiger partial charge in [0.05, 0.1) is 5.69 Å². The van der Waals surface area contributed by atoms with Gasteiger partial charge in [0.2, 0.25) is 0 Å². The van der Waals surface area contributed by atoms with Crippen LogP contribution in [0.1, 0.15) is 29.2 Å². The summed E-state index contributed by atoms with van der Waals surface area (Å²) < 4.78 is 8.02. The molecule has 0 N–H and O–H groups in total. The number of fused-ring (bicyclic) bond motifs is 1. The molecule has 24 heavy (non-hydrogen) atoms. The summed E-state index contributed by atoms with van der Waals surface area (Å²) in [4.78, 5) is 23.1. The van der Waals surface area contributed by atoms with Crippen LogP contribution in [0.15, 0.2) is 30.7 Å². The lowest BCUT2D eigenvalue weighted by Crippen LogP contribution is -2.33. The Labute approximate surface area is 141 Å². The Bertz CT molecular complexity index is 757. The quantitative estimate of drug-likeness (QED) is 0.866. The van der Waals surface area contributed by atoms with Gasteiger partial charge in [-0.1, -0.05) is 0 Å². The van der Waals surface area contributed by atoms with E-state index >= 15 is 0 Å². The highest BCUT2D eigenvalue weighted by Crippen LogP contribution is 2.40. The minimum Gasteiger partial charge on any atom is -0.488 e. The molecule has 2 fully saturated rings. The topological polar surface area (TPSA) is 60.2 Å². The standard InChI is InChI=1S/C18H22N4O2/c1-12-15(4-3-7-19-12)24-16-6-5-13-10-22(11-14(13)16)18(23)17-20-8-9-21(17)2/h3-4,7-9,13-14,16H,5-6,10-11H2,1-2H3/t13-,14+,16-/m1/s1. The van der Waals surface area contributed by atoms with Crippen LogP contribution in [0, 0.1) is 18.8 Å². The monoisotopic (exact) mass is 326 g/mol. The molecule has 1 saturated carbocycles. The van der Waals surface area contributed by atoms with Crippen molar-refractivity contribution in [2.45, 2.75) is 25.9 Å². The molecule has 1 saturated heterocycles. The third kappa shape index (κ3) is 2.56. The fraction of sp³-hybridized carbons (Fsp3) is 0.500. The number of carbonyl (C=O) groups is 1. The zero-order valence-corrected chi connectivity index (χ0v) is 14.1. The van der Waals surface area contributed by atoms with E-state index in [0.717, 1.165) is 37.4 Å². The fourth-order valence-corrected chi connectivity index (χ4v) is 4.00. The number of nitrogens with zero attached hydrogens (tertiary/aromatic N) is 4. The molecule has 1 amide bonds. The van der Waals surface area contributed by atoms with E-state index in [1.165, 1.54) is 0 Å². The zero-order chi connectivity index (χ0) is 16.7. The van der Waals surface area contributed by atoms with Gasteiger partial charge in [0.15, 0.2) is 5.82 Å². The number of carbonyl (C=O) groups excluding carboxylic acids is 1. The maximum atomic E-state index is 12.7. The number of pyridine rings is 1. The number of likely N-dealkylation sites (tertiary alicyclic amines) is 1. The molecule has 3 heterocycles. The molecule has 2 aromatic heterocycles. The average Bonchev–Trinajstić information content (AvgIpc) is 3.26. The third-order valence-corrected chi connectivity index (χ3v) is 5.33. The predicted octanol–water partition coefficient (Wildman–Crippen LogP) is 2.05. The molecule has 0 aromatic carbocycles. The number of rotatable bonds is 3. The van der Waals surface area contributed by atoms with Gasteiger partial charge in [-0.25, -0.2) is 4.98 Å². The third-order valence-electron chi connectivity index (χ3n) is 5.33. The Morgan fingerprint density at radius 2 is 2.12 bits per heavy atom. The maximum Gasteiger partial charge on any atom is 0.289 e. The molecule has 6 heteroatoms. The lowest BCUT2D eigenvalue weighted by Gasteiger charge is -2.22. The number of aryl methyl sites for hydroxylation is 2. The van der Waals surface area contributed by atoms with Crippen LogP contribution < -0.4 is 4.74 Å². The Morgan fingerprint density at radius 3 is 2.88 bits per heavy atom. The van der Waals surface area contributed by atoms with Gasteiger partial charge in [0.25, 0.3) is 5.91 Å². The number of imidazole rings is 1. The van der Waals surface area contributed by atoms with Crippen molar-refractivity contribution in [1.82, 2.24) is 19.4 Å². The van der Waals surface area contributed by atoms with Crippen LogP contribution in [0.2, 0.25) is 0 Å². The van der Waals surface area contributed by atoms with Crippen molar-refractivity contribution < 1.29 is 9.53 Å². The normalized spacial score (nSPS) is 25.8. The number of hydrogen-bond donors (Lipinski definition) is 0. The van der Waals surface area contributed by atoms with E-state index < -0.39 is 0 Å². The van der Waals surface area contributed by atoms with E-state index in [-0.39, 0.29) is 12.0 Å². The lowest BCUT2D eigenvalue weighted by atomic mass is 9.99. The van der Waals surface area contributed by atoms with E-state index in [4.69, 9.17) is 4.74 Å². The molecule has 0 radical (unpaired) electrons. The second-order valence-electron chi connectivity index (χ2n) is 6.82. The summed E-state index contributed by atoms with van der Waals surface area (Å²) >= 11 is 0. The number of hydrogen-bond acceptors (Lipinski definition) is 4. The molecule has 0 bridgehead atoms. The van der Waals surface area contributed by atoms with Gasteiger partial charge in [-0.3, -0.25) is 9.78 Å². The largest absolute Gasteiger partial charge is 0.488 e. The molecule has 3 atom stereocenters. The molecule has 126 valence electrons. The number of ether oxygens (including phenoxy) is 1. The zero-order valence-electron chi connectivity index (χ0n) is 14.1. The van der Waals surface area contributed by atoms with Crippen LogP contribution in [0.5, 0.6) is 5.75 Å². The Kier molecular flexibility index (Phi) is 3.75. The summed E-state index contributed by atoms with van der Waals surface area (Å²) in [5, 5.41) is 0. The SMILES string of the molecule is Cc1ncccc1O[C@@H]1CC[C@@H]2CN(C(=O)c3nccn3C)C[C@@H]21. The van der Waals surface area contributed by atoms with Crippen molar-refractivity contribution in [1.29, 1.82) is 0 Å². The molecule has 0 unspecified atom stereocenters. The second-order valence-corrected chi connectivity index (χ2v) is 6.82. The second kappa shape index (κ2) is 5.92. The van der Waals surface area contributed by atoms with E-state index in [1.807, 2.05) is 31.0 Å². The molecular formula is C18H22N4O2. The average molecular weight is 326 g/mol. The molecule has 4 rings (SSSR count). The van der Waals surface area contributed by atoms with Crippen LogP contribution >= 0.6 is 0 Å². The fourth-order valence-electron chi connectivity index (χ4n) is 4.00. The molecular weight excluding hydrogens is 304 g/mol. The van der Waals surface area contributed by atoms with E-state index in [2.05, 4.69) is 9.97 Å². The van der Waals surface area contributed by atoms with Gasteiger partial charge >= 0.3 is 0 Å². The van der Waals surface area contributed by atoms with Gasteiger partial charge in [0.1, 0.15) is 11.9 Å². The Hall–Kier alpha value is -2.37. The first-order chi connectivity index (χ1) is 11.6. The minimum atomic E-state index is 0.0215. The van der Waals surface area contributed by atoms with Crippen molar-refractivity contribution in [3.05, 3.63) is 42.2 Å². The summed E-state index contributed by atoms with van der Waals surface area (Å²) in [7, 11) is 1.86. The molecule has 2 aliphatic rings. The van der Waals surface area contributed by atoms with Gasteiger partial charge in [-0.2, -0.15) is 0 Å². The summed E-state index contributed by atoms with van der Waals surface area (Å²) in [6.45, 7) is 3.52. The van der Waals surface area contributed by atoms with Crippen molar-refractivity contribution in [2.75, 3.05) is 13.1 Å². The molecule has 0 spiro atoms. The number of amides is 1. The van der Waals surface area contributed by atoms with E-state index in [1.54, 1.807) is 23.2 Å². The summed E-state index contributed by atoms with van der Waals surface area (Å²) in [6.07, 6.45) is 7.58. The van der Waals surface area contributed by atoms with Crippen LogP contribution in [-0.2, 0) is 7.05 Å². The van der Waals surface area contributed by atoms with Gasteiger partial charge in [-0.15, -0.1) is 0 Å². The van der Waals surface area contributed by atoms with Crippen LogP contribution in [0.25, 0.3) is 0 Å². The smallest absolute Gasteiger partial charge is 0.289 e. The summed E-state index contributed by atoms with van der Waals surface area (Å²) in [5.74, 6) is 2.31. The van der Waals surface area contributed by atoms with Gasteiger partial charge in [-0.05, 0) is 37.8 Å². The van der Waals surface area contributed by atoms with Gasteiger partial charge < -0.3 is 14.2 Å². The summed E-state index contributed by atoms with van der Waals surface area (Å²) in [6, 6.07) is 3.88. The first-order valence-corrected chi connectivity index (χ1v) is 8.48. The highest BCUT2D eigenvalue weighted by atomic mass is 16.5. The summed E-state index contributed by atoms with van der Waals surface area (Å²) in [5.41, 5.74) is 0.917. The van der Waals surface area contributed by atoms with E-state index in [9.17, 15) is 4.79 Å². The molecule has 2 aromatic rings. The molecule has 1 aliphatic heterocycles. The Morgan fingerprint density at radius 1 is 1.25 bits per heavy atom. The first kappa shape index (κ1) is 15.2. The Balaban J connectivity index is 1.46. The molecule has 1 aliphatic carbocycles. The van der Waals surface area contributed by atoms with E-state index in [0.29, 0.717) is 17.7 Å². The van der Waals surface area contributed by atoms with Crippen molar-refractivity contribution in [2.24, 2.45) is 18.9 Å². The lowest BCUT2D eigenvalue weighted by molar-refractivity contribution is 0.0746. The van der Waals surface area contributed by atoms with Crippen molar-refractivity contribution in [3.8, 4) is 5.75 Å². The van der Waals surface area contributed by atoms with Crippen molar-refractivity contribution in [3.63, 3.8) is 0 Å². The molecule has 6 nitrogen and oxygen atoms in total. The van der Waals surface area contributed by atoms with Crippen LogP contribution in [0.4, 0.5) is 0 Å². The highest BCUT2D eigenvalue weighted by molar-refractivity contribution is 5.91. The highest BCUT2D eigenvalue weighted by Gasteiger charge is 2.45. The number of aromatic nitrogens is 3. The van der Waals surface area contributed by atoms with Crippen molar-refractivity contribution >= 4 is 5.91 Å². The minimum absolute atomic E-state index is 0.0215. The van der Waals surface area contributed by atoms with Crippen LogP contribution in [-0.4, -0.2) is 44.5 Å². The van der Waals surface area contributed by atoms with Crippen LogP contribution in [0.3, 0.4) is 0 Å². The first-order valence-electron chi connectivity index (χ1n) is 8.48. The van der Waals surface area contributed by atoms with Gasteiger partial charge in [0, 0.05) is 44.6 Å². The maximum absolute atomic E-state index is 12.7. The predicted molar refractivity (Wildman–Crippen MR) is 88.7 cm³/mol.